The molecule has 0 aliphatic heterocycles. The number of hydrogen-bond acceptors (Lipinski definition) is 1. The Morgan fingerprint density at radius 3 is 2.87 bits per heavy atom. The molecule has 0 spiro atoms. The summed E-state index contributed by atoms with van der Waals surface area (Å²) in [6, 6.07) is 6.53. The van der Waals surface area contributed by atoms with Gasteiger partial charge >= 0.3 is 0 Å². The summed E-state index contributed by atoms with van der Waals surface area (Å²) >= 11 is 0. The molecule has 2 heteroatoms. The third-order valence-electron chi connectivity index (χ3n) is 3.29. The van der Waals surface area contributed by atoms with Crippen molar-refractivity contribution < 1.29 is 0 Å². The fourth-order valence-electron chi connectivity index (χ4n) is 2.10. The van der Waals surface area contributed by atoms with Crippen LogP contribution >= 0.6 is 0 Å². The Hall–Kier alpha value is -1.31. The number of rotatable bonds is 2. The maximum atomic E-state index is 4.67. The van der Waals surface area contributed by atoms with E-state index in [1.807, 2.05) is 0 Å². The summed E-state index contributed by atoms with van der Waals surface area (Å²) in [5.74, 6) is 0.888. The van der Waals surface area contributed by atoms with E-state index in [4.69, 9.17) is 0 Å². The van der Waals surface area contributed by atoms with Crippen molar-refractivity contribution in [1.29, 1.82) is 0 Å². The Labute approximate surface area is 89.9 Å². The standard InChI is InChI=1S/C13H16N2/c1-9-3-6-12-10(2)15(8-11-4-5-11)14-13(12)7-9/h3,6-7,11H,4-5,8H2,1-2H3. The molecule has 0 saturated heterocycles. The second-order valence-electron chi connectivity index (χ2n) is 4.73. The summed E-state index contributed by atoms with van der Waals surface area (Å²) in [5, 5.41) is 5.98. The molecule has 1 heterocycles. The smallest absolute Gasteiger partial charge is 0.0928 e. The molecule has 0 amide bonds. The average molecular weight is 200 g/mol. The molecule has 78 valence electrons. The Morgan fingerprint density at radius 2 is 2.13 bits per heavy atom. The van der Waals surface area contributed by atoms with Crippen molar-refractivity contribution in [2.75, 3.05) is 0 Å². The Balaban J connectivity index is 2.10. The molecule has 1 aromatic carbocycles. The van der Waals surface area contributed by atoms with Gasteiger partial charge in [-0.2, -0.15) is 5.10 Å². The quantitative estimate of drug-likeness (QED) is 0.728. The fourth-order valence-corrected chi connectivity index (χ4v) is 2.10. The highest BCUT2D eigenvalue weighted by Gasteiger charge is 2.23. The van der Waals surface area contributed by atoms with Gasteiger partial charge in [-0.3, -0.25) is 4.68 Å². The predicted octanol–water partition coefficient (Wildman–Crippen LogP) is 3.06. The lowest BCUT2D eigenvalue weighted by Gasteiger charge is -2.00. The van der Waals surface area contributed by atoms with Gasteiger partial charge in [-0.05, 0) is 44.2 Å². The van der Waals surface area contributed by atoms with E-state index in [0.29, 0.717) is 0 Å². The van der Waals surface area contributed by atoms with Crippen LogP contribution in [0.5, 0.6) is 0 Å². The van der Waals surface area contributed by atoms with Crippen molar-refractivity contribution in [2.45, 2.75) is 33.2 Å². The van der Waals surface area contributed by atoms with E-state index in [1.165, 1.54) is 29.5 Å². The second-order valence-corrected chi connectivity index (χ2v) is 4.73. The maximum absolute atomic E-state index is 4.67. The lowest BCUT2D eigenvalue weighted by molar-refractivity contribution is 0.555. The molecule has 2 aromatic rings. The van der Waals surface area contributed by atoms with E-state index < -0.39 is 0 Å². The molecule has 3 rings (SSSR count). The minimum Gasteiger partial charge on any atom is -0.268 e. The third kappa shape index (κ3) is 1.54. The Morgan fingerprint density at radius 1 is 1.33 bits per heavy atom. The number of hydrogen-bond donors (Lipinski definition) is 0. The molecule has 1 aromatic heterocycles. The van der Waals surface area contributed by atoms with Crippen LogP contribution in [0.25, 0.3) is 10.9 Å². The first-order valence-electron chi connectivity index (χ1n) is 5.68. The lowest BCUT2D eigenvalue weighted by atomic mass is 10.1. The third-order valence-corrected chi connectivity index (χ3v) is 3.29. The van der Waals surface area contributed by atoms with Crippen LogP contribution in [0.1, 0.15) is 24.1 Å². The topological polar surface area (TPSA) is 17.8 Å². The van der Waals surface area contributed by atoms with Crippen LogP contribution in [0.4, 0.5) is 0 Å². The highest BCUT2D eigenvalue weighted by atomic mass is 15.3. The zero-order chi connectivity index (χ0) is 10.4. The van der Waals surface area contributed by atoms with Gasteiger partial charge in [0.1, 0.15) is 0 Å². The van der Waals surface area contributed by atoms with Crippen molar-refractivity contribution in [3.63, 3.8) is 0 Å². The molecule has 0 N–H and O–H groups in total. The van der Waals surface area contributed by atoms with Gasteiger partial charge < -0.3 is 0 Å². The molecule has 1 aliphatic carbocycles. The molecule has 0 bridgehead atoms. The molecule has 1 aliphatic rings. The summed E-state index contributed by atoms with van der Waals surface area (Å²) in [5.41, 5.74) is 3.75. The summed E-state index contributed by atoms with van der Waals surface area (Å²) in [4.78, 5) is 0. The van der Waals surface area contributed by atoms with E-state index in [0.717, 1.165) is 18.0 Å². The van der Waals surface area contributed by atoms with Crippen LogP contribution in [0.2, 0.25) is 0 Å². The summed E-state index contributed by atoms with van der Waals surface area (Å²) < 4.78 is 2.18. The predicted molar refractivity (Wildman–Crippen MR) is 61.9 cm³/mol. The van der Waals surface area contributed by atoms with E-state index >= 15 is 0 Å². The lowest BCUT2D eigenvalue weighted by Crippen LogP contribution is -2.03. The number of aryl methyl sites for hydroxylation is 2. The summed E-state index contributed by atoms with van der Waals surface area (Å²) in [6.07, 6.45) is 2.77. The summed E-state index contributed by atoms with van der Waals surface area (Å²) in [7, 11) is 0. The molecule has 0 unspecified atom stereocenters. The minimum atomic E-state index is 0.888. The number of benzene rings is 1. The molecule has 1 saturated carbocycles. The van der Waals surface area contributed by atoms with Crippen molar-refractivity contribution in [2.24, 2.45) is 5.92 Å². The molecular weight excluding hydrogens is 184 g/mol. The minimum absolute atomic E-state index is 0.888. The first kappa shape index (κ1) is 8.96. The van der Waals surface area contributed by atoms with Crippen LogP contribution in [0, 0.1) is 19.8 Å². The second kappa shape index (κ2) is 3.09. The van der Waals surface area contributed by atoms with Gasteiger partial charge in [0.15, 0.2) is 0 Å². The van der Waals surface area contributed by atoms with Gasteiger partial charge in [0.25, 0.3) is 0 Å². The first-order valence-corrected chi connectivity index (χ1v) is 5.68. The van der Waals surface area contributed by atoms with Crippen molar-refractivity contribution >= 4 is 10.9 Å². The fraction of sp³-hybridized carbons (Fsp3) is 0.462. The van der Waals surface area contributed by atoms with Crippen molar-refractivity contribution in [3.8, 4) is 0 Å². The van der Waals surface area contributed by atoms with Crippen LogP contribution in [-0.2, 0) is 6.54 Å². The normalized spacial score (nSPS) is 16.1. The SMILES string of the molecule is Cc1ccc2c(C)n(CC3CC3)nc2c1. The Bertz CT molecular complexity index is 506. The largest absolute Gasteiger partial charge is 0.268 e. The highest BCUT2D eigenvalue weighted by Crippen LogP contribution is 2.31. The zero-order valence-corrected chi connectivity index (χ0v) is 9.33. The molecule has 15 heavy (non-hydrogen) atoms. The number of fused-ring (bicyclic) bond motifs is 1. The van der Waals surface area contributed by atoms with Crippen LogP contribution in [0.15, 0.2) is 18.2 Å². The van der Waals surface area contributed by atoms with Gasteiger partial charge in [-0.25, -0.2) is 0 Å². The van der Waals surface area contributed by atoms with Crippen LogP contribution in [-0.4, -0.2) is 9.78 Å². The monoisotopic (exact) mass is 200 g/mol. The number of nitrogens with zero attached hydrogens (tertiary/aromatic N) is 2. The summed E-state index contributed by atoms with van der Waals surface area (Å²) in [6.45, 7) is 5.40. The van der Waals surface area contributed by atoms with Crippen LogP contribution in [0.3, 0.4) is 0 Å². The van der Waals surface area contributed by atoms with Crippen molar-refractivity contribution in [3.05, 3.63) is 29.5 Å². The van der Waals surface area contributed by atoms with E-state index in [2.05, 4.69) is 41.8 Å². The molecule has 0 atom stereocenters. The van der Waals surface area contributed by atoms with Gasteiger partial charge in [0, 0.05) is 17.6 Å². The average Bonchev–Trinajstić information content (AvgIpc) is 2.95. The van der Waals surface area contributed by atoms with Gasteiger partial charge in [-0.15, -0.1) is 0 Å². The maximum Gasteiger partial charge on any atom is 0.0928 e. The van der Waals surface area contributed by atoms with Crippen molar-refractivity contribution in [1.82, 2.24) is 9.78 Å². The van der Waals surface area contributed by atoms with Gasteiger partial charge in [0.05, 0.1) is 5.52 Å². The van der Waals surface area contributed by atoms with Gasteiger partial charge in [0.2, 0.25) is 0 Å². The molecule has 1 fully saturated rings. The molecule has 0 radical (unpaired) electrons. The van der Waals surface area contributed by atoms with E-state index in [9.17, 15) is 0 Å². The Kier molecular flexibility index (Phi) is 1.84. The molecular formula is C13H16N2. The zero-order valence-electron chi connectivity index (χ0n) is 9.33. The van der Waals surface area contributed by atoms with E-state index in [-0.39, 0.29) is 0 Å². The number of aromatic nitrogens is 2. The van der Waals surface area contributed by atoms with E-state index in [1.54, 1.807) is 0 Å². The highest BCUT2D eigenvalue weighted by molar-refractivity contribution is 5.81. The molecule has 2 nitrogen and oxygen atoms in total. The first-order chi connectivity index (χ1) is 7.24. The van der Waals surface area contributed by atoms with Crippen LogP contribution < -0.4 is 0 Å². The van der Waals surface area contributed by atoms with Gasteiger partial charge in [-0.1, -0.05) is 12.1 Å².